The number of benzene rings is 1. The highest BCUT2D eigenvalue weighted by Gasteiger charge is 2.45. The van der Waals surface area contributed by atoms with Gasteiger partial charge < -0.3 is 9.63 Å². The van der Waals surface area contributed by atoms with E-state index in [1.807, 2.05) is 18.2 Å². The molecule has 0 spiro atoms. The third-order valence-electron chi connectivity index (χ3n) is 5.81. The third-order valence-corrected chi connectivity index (χ3v) is 5.81. The Kier molecular flexibility index (Phi) is 5.02. The maximum absolute atomic E-state index is 11.7. The van der Waals surface area contributed by atoms with Gasteiger partial charge in [0.15, 0.2) is 5.82 Å². The second kappa shape index (κ2) is 7.58. The zero-order chi connectivity index (χ0) is 17.9. The van der Waals surface area contributed by atoms with Gasteiger partial charge in [0.05, 0.1) is 6.54 Å². The zero-order valence-corrected chi connectivity index (χ0v) is 14.9. The van der Waals surface area contributed by atoms with Crippen molar-refractivity contribution in [3.05, 3.63) is 47.6 Å². The molecular weight excluding hydrogens is 330 g/mol. The first kappa shape index (κ1) is 17.2. The van der Waals surface area contributed by atoms with Crippen LogP contribution in [-0.2, 0) is 24.2 Å². The number of rotatable bonds is 6. The van der Waals surface area contributed by atoms with Crippen LogP contribution in [0, 0.1) is 5.92 Å². The highest BCUT2D eigenvalue weighted by atomic mass is 16.5. The van der Waals surface area contributed by atoms with E-state index in [0.717, 1.165) is 32.1 Å². The molecule has 1 saturated carbocycles. The lowest BCUT2D eigenvalue weighted by Crippen LogP contribution is -2.41. The van der Waals surface area contributed by atoms with Crippen molar-refractivity contribution in [3.8, 4) is 0 Å². The first-order valence-electron chi connectivity index (χ1n) is 9.54. The molecule has 6 nitrogen and oxygen atoms in total. The van der Waals surface area contributed by atoms with Crippen molar-refractivity contribution in [2.45, 2.75) is 63.6 Å². The van der Waals surface area contributed by atoms with Gasteiger partial charge in [0.2, 0.25) is 5.89 Å². The van der Waals surface area contributed by atoms with Crippen molar-refractivity contribution in [2.24, 2.45) is 5.92 Å². The Labute approximate surface area is 153 Å². The number of carboxylic acid groups (broad SMARTS) is 1. The number of hydrogen-bond acceptors (Lipinski definition) is 5. The summed E-state index contributed by atoms with van der Waals surface area (Å²) in [4.78, 5) is 18.3. The standard InChI is InChI=1S/C20H25N3O3/c24-20(25)17-12-15-8-4-5-9-16(15)23(17)13-19-21-18(22-26-19)11-10-14-6-2-1-3-7-14/h1-3,6-7,15-17H,4-5,8-13H2,(H,24,25). The molecule has 6 heteroatoms. The summed E-state index contributed by atoms with van der Waals surface area (Å²) in [5.41, 5.74) is 1.24. The monoisotopic (exact) mass is 355 g/mol. The van der Waals surface area contributed by atoms with Crippen LogP contribution in [0.3, 0.4) is 0 Å². The maximum Gasteiger partial charge on any atom is 0.320 e. The van der Waals surface area contributed by atoms with Crippen LogP contribution in [0.25, 0.3) is 0 Å². The SMILES string of the molecule is O=C(O)C1CC2CCCCC2N1Cc1nc(CCc2ccccc2)no1. The summed E-state index contributed by atoms with van der Waals surface area (Å²) in [5.74, 6) is 0.981. The lowest BCUT2D eigenvalue weighted by Gasteiger charge is -2.31. The second-order valence-corrected chi connectivity index (χ2v) is 7.46. The average molecular weight is 355 g/mol. The largest absolute Gasteiger partial charge is 0.480 e. The molecule has 2 heterocycles. The number of aliphatic carboxylic acids is 1. The number of carboxylic acids is 1. The van der Waals surface area contributed by atoms with Crippen LogP contribution in [0.1, 0.15) is 49.4 Å². The van der Waals surface area contributed by atoms with Crippen molar-refractivity contribution in [2.75, 3.05) is 0 Å². The van der Waals surface area contributed by atoms with E-state index in [1.54, 1.807) is 0 Å². The van der Waals surface area contributed by atoms with Crippen molar-refractivity contribution in [3.63, 3.8) is 0 Å². The van der Waals surface area contributed by atoms with Gasteiger partial charge in [-0.2, -0.15) is 4.98 Å². The predicted molar refractivity (Wildman–Crippen MR) is 95.5 cm³/mol. The first-order valence-corrected chi connectivity index (χ1v) is 9.54. The van der Waals surface area contributed by atoms with Crippen molar-refractivity contribution >= 4 is 5.97 Å². The van der Waals surface area contributed by atoms with Gasteiger partial charge in [0, 0.05) is 12.5 Å². The molecular formula is C20H25N3O3. The molecule has 1 N–H and O–H groups in total. The van der Waals surface area contributed by atoms with Gasteiger partial charge in [-0.1, -0.05) is 48.3 Å². The van der Waals surface area contributed by atoms with Crippen molar-refractivity contribution in [1.82, 2.24) is 15.0 Å². The van der Waals surface area contributed by atoms with Gasteiger partial charge in [0.25, 0.3) is 0 Å². The molecule has 0 bridgehead atoms. The van der Waals surface area contributed by atoms with Crippen molar-refractivity contribution in [1.29, 1.82) is 0 Å². The highest BCUT2D eigenvalue weighted by molar-refractivity contribution is 5.74. The molecule has 138 valence electrons. The van der Waals surface area contributed by atoms with E-state index in [9.17, 15) is 9.90 Å². The van der Waals surface area contributed by atoms with E-state index < -0.39 is 12.0 Å². The van der Waals surface area contributed by atoms with Gasteiger partial charge in [-0.15, -0.1) is 0 Å². The van der Waals surface area contributed by atoms with E-state index >= 15 is 0 Å². The lowest BCUT2D eigenvalue weighted by molar-refractivity contribution is -0.143. The summed E-state index contributed by atoms with van der Waals surface area (Å²) in [6.45, 7) is 0.441. The molecule has 1 aliphatic carbocycles. The van der Waals surface area contributed by atoms with Gasteiger partial charge in [-0.05, 0) is 37.2 Å². The van der Waals surface area contributed by atoms with Crippen molar-refractivity contribution < 1.29 is 14.4 Å². The number of nitrogens with zero attached hydrogens (tertiary/aromatic N) is 3. The van der Waals surface area contributed by atoms with Gasteiger partial charge in [-0.25, -0.2) is 0 Å². The Morgan fingerprint density at radius 3 is 2.81 bits per heavy atom. The minimum absolute atomic E-state index is 0.338. The molecule has 3 atom stereocenters. The molecule has 0 radical (unpaired) electrons. The normalized spacial score (nSPS) is 25.9. The van der Waals surface area contributed by atoms with Crippen LogP contribution in [0.4, 0.5) is 0 Å². The van der Waals surface area contributed by atoms with Gasteiger partial charge in [0.1, 0.15) is 6.04 Å². The van der Waals surface area contributed by atoms with E-state index in [0.29, 0.717) is 30.2 Å². The number of fused-ring (bicyclic) bond motifs is 1. The zero-order valence-electron chi connectivity index (χ0n) is 14.9. The number of aromatic nitrogens is 2. The minimum Gasteiger partial charge on any atom is -0.480 e. The van der Waals surface area contributed by atoms with Crippen LogP contribution < -0.4 is 0 Å². The summed E-state index contributed by atoms with van der Waals surface area (Å²) in [5, 5.41) is 13.7. The summed E-state index contributed by atoms with van der Waals surface area (Å²) in [6, 6.07) is 10.1. The fourth-order valence-corrected chi connectivity index (χ4v) is 4.54. The predicted octanol–water partition coefficient (Wildman–Crippen LogP) is 3.07. The number of carbonyl (C=O) groups is 1. The Balaban J connectivity index is 1.41. The third kappa shape index (κ3) is 3.65. The molecule has 3 unspecified atom stereocenters. The van der Waals surface area contributed by atoms with E-state index in [2.05, 4.69) is 27.2 Å². The van der Waals surface area contributed by atoms with E-state index in [-0.39, 0.29) is 0 Å². The molecule has 0 amide bonds. The molecule has 4 rings (SSSR count). The molecule has 2 fully saturated rings. The number of hydrogen-bond donors (Lipinski definition) is 1. The van der Waals surface area contributed by atoms with Crippen LogP contribution in [0.2, 0.25) is 0 Å². The van der Waals surface area contributed by atoms with Gasteiger partial charge in [-0.3, -0.25) is 9.69 Å². The quantitative estimate of drug-likeness (QED) is 0.858. The fraction of sp³-hybridized carbons (Fsp3) is 0.550. The van der Waals surface area contributed by atoms with Crippen LogP contribution in [-0.4, -0.2) is 38.2 Å². The van der Waals surface area contributed by atoms with Gasteiger partial charge >= 0.3 is 5.97 Å². The highest BCUT2D eigenvalue weighted by Crippen LogP contribution is 2.40. The number of aryl methyl sites for hydroxylation is 2. The van der Waals surface area contributed by atoms with Crippen LogP contribution in [0.5, 0.6) is 0 Å². The van der Waals surface area contributed by atoms with E-state index in [4.69, 9.17) is 4.52 Å². The smallest absolute Gasteiger partial charge is 0.320 e. The first-order chi connectivity index (χ1) is 12.7. The molecule has 2 aromatic rings. The second-order valence-electron chi connectivity index (χ2n) is 7.46. The Bertz CT molecular complexity index is 746. The summed E-state index contributed by atoms with van der Waals surface area (Å²) in [7, 11) is 0. The molecule has 2 aliphatic rings. The molecule has 1 aromatic carbocycles. The Hall–Kier alpha value is -2.21. The topological polar surface area (TPSA) is 79.5 Å². The molecule has 1 aliphatic heterocycles. The molecule has 26 heavy (non-hydrogen) atoms. The lowest BCUT2D eigenvalue weighted by atomic mass is 9.85. The van der Waals surface area contributed by atoms with Crippen LogP contribution >= 0.6 is 0 Å². The minimum atomic E-state index is -0.733. The molecule has 1 saturated heterocycles. The van der Waals surface area contributed by atoms with E-state index in [1.165, 1.54) is 18.4 Å². The maximum atomic E-state index is 11.7. The summed E-state index contributed by atoms with van der Waals surface area (Å²) < 4.78 is 5.43. The number of likely N-dealkylation sites (tertiary alicyclic amines) is 1. The summed E-state index contributed by atoms with van der Waals surface area (Å²) >= 11 is 0. The Morgan fingerprint density at radius 2 is 2.00 bits per heavy atom. The fourth-order valence-electron chi connectivity index (χ4n) is 4.54. The Morgan fingerprint density at radius 1 is 1.19 bits per heavy atom. The summed E-state index contributed by atoms with van der Waals surface area (Å²) in [6.07, 6.45) is 6.94. The van der Waals surface area contributed by atoms with Crippen LogP contribution in [0.15, 0.2) is 34.9 Å². The molecule has 1 aromatic heterocycles. The average Bonchev–Trinajstić information content (AvgIpc) is 3.26.